The summed E-state index contributed by atoms with van der Waals surface area (Å²) in [7, 11) is 0. The van der Waals surface area contributed by atoms with Crippen LogP contribution in [-0.2, 0) is 0 Å². The van der Waals surface area contributed by atoms with E-state index in [1.807, 2.05) is 18.7 Å². The third-order valence-corrected chi connectivity index (χ3v) is 3.70. The lowest BCUT2D eigenvalue weighted by Crippen LogP contribution is -2.25. The van der Waals surface area contributed by atoms with Gasteiger partial charge in [0.05, 0.1) is 6.04 Å². The van der Waals surface area contributed by atoms with E-state index in [-0.39, 0.29) is 0 Å². The van der Waals surface area contributed by atoms with Crippen molar-refractivity contribution in [3.63, 3.8) is 0 Å². The highest BCUT2D eigenvalue weighted by Gasteiger charge is 2.28. The van der Waals surface area contributed by atoms with Crippen LogP contribution in [-0.4, -0.2) is 40.1 Å². The quantitative estimate of drug-likeness (QED) is 0.740. The van der Waals surface area contributed by atoms with E-state index < -0.39 is 0 Å². The van der Waals surface area contributed by atoms with Crippen molar-refractivity contribution in [2.45, 2.75) is 32.2 Å². The molecule has 1 aliphatic heterocycles. The van der Waals surface area contributed by atoms with Gasteiger partial charge in [-0.05, 0) is 44.4 Å². The number of nitrogens with zero attached hydrogens (tertiary/aromatic N) is 3. The molecule has 0 aromatic carbocycles. The molecule has 1 saturated heterocycles. The van der Waals surface area contributed by atoms with Gasteiger partial charge in [-0.2, -0.15) is 16.7 Å². The highest BCUT2D eigenvalue weighted by molar-refractivity contribution is 7.98. The molecule has 0 radical (unpaired) electrons. The van der Waals surface area contributed by atoms with Crippen LogP contribution in [0.5, 0.6) is 0 Å². The summed E-state index contributed by atoms with van der Waals surface area (Å²) in [4.78, 5) is 6.83. The zero-order valence-corrected chi connectivity index (χ0v) is 10.8. The molecule has 0 amide bonds. The van der Waals surface area contributed by atoms with Crippen LogP contribution in [0.15, 0.2) is 4.52 Å². The van der Waals surface area contributed by atoms with Crippen LogP contribution in [0.25, 0.3) is 0 Å². The molecule has 1 aromatic heterocycles. The van der Waals surface area contributed by atoms with Crippen LogP contribution in [0.1, 0.15) is 37.0 Å². The molecule has 2 rings (SSSR count). The molecule has 5 heteroatoms. The lowest BCUT2D eigenvalue weighted by Gasteiger charge is -2.21. The summed E-state index contributed by atoms with van der Waals surface area (Å²) in [5.74, 6) is 2.78. The van der Waals surface area contributed by atoms with Gasteiger partial charge in [-0.25, -0.2) is 0 Å². The monoisotopic (exact) mass is 241 g/mol. The second kappa shape index (κ2) is 5.68. The van der Waals surface area contributed by atoms with Gasteiger partial charge in [-0.3, -0.25) is 4.90 Å². The van der Waals surface area contributed by atoms with Crippen LogP contribution >= 0.6 is 11.8 Å². The van der Waals surface area contributed by atoms with Gasteiger partial charge in [0.15, 0.2) is 5.82 Å². The smallest absolute Gasteiger partial charge is 0.223 e. The third-order valence-electron chi connectivity index (χ3n) is 3.00. The Bertz CT molecular complexity index is 329. The standard InChI is InChI=1S/C11H19N3OS/c1-9-12-11(13-15-9)10-5-3-6-14(10)7-4-8-16-2/h10H,3-8H2,1-2H3/t10-/m0/s1. The molecule has 16 heavy (non-hydrogen) atoms. The summed E-state index contributed by atoms with van der Waals surface area (Å²) in [5.41, 5.74) is 0. The molecule has 0 aliphatic carbocycles. The molecule has 0 bridgehead atoms. The number of likely N-dealkylation sites (tertiary alicyclic amines) is 1. The maximum atomic E-state index is 5.06. The first-order valence-electron chi connectivity index (χ1n) is 5.84. The highest BCUT2D eigenvalue weighted by Crippen LogP contribution is 2.29. The number of aromatic nitrogens is 2. The van der Waals surface area contributed by atoms with E-state index in [9.17, 15) is 0 Å². The number of thioether (sulfide) groups is 1. The lowest BCUT2D eigenvalue weighted by molar-refractivity contribution is 0.243. The zero-order valence-electron chi connectivity index (χ0n) is 9.98. The molecule has 0 N–H and O–H groups in total. The Labute approximate surface area is 101 Å². The summed E-state index contributed by atoms with van der Waals surface area (Å²) in [6, 6.07) is 0.388. The first-order valence-corrected chi connectivity index (χ1v) is 7.24. The summed E-state index contributed by atoms with van der Waals surface area (Å²) < 4.78 is 5.06. The van der Waals surface area contributed by atoms with Gasteiger partial charge < -0.3 is 4.52 Å². The Hall–Kier alpha value is -0.550. The Morgan fingerprint density at radius 1 is 1.56 bits per heavy atom. The van der Waals surface area contributed by atoms with Gasteiger partial charge in [0, 0.05) is 6.92 Å². The molecule has 2 heterocycles. The van der Waals surface area contributed by atoms with Gasteiger partial charge in [-0.15, -0.1) is 0 Å². The maximum Gasteiger partial charge on any atom is 0.223 e. The summed E-state index contributed by atoms with van der Waals surface area (Å²) in [5, 5.41) is 4.04. The van der Waals surface area contributed by atoms with Crippen molar-refractivity contribution in [3.05, 3.63) is 11.7 Å². The van der Waals surface area contributed by atoms with Crippen molar-refractivity contribution >= 4 is 11.8 Å². The van der Waals surface area contributed by atoms with Crippen LogP contribution in [0.4, 0.5) is 0 Å². The predicted molar refractivity (Wildman–Crippen MR) is 65.6 cm³/mol. The largest absolute Gasteiger partial charge is 0.340 e. The predicted octanol–water partition coefficient (Wildman–Crippen LogP) is 2.27. The highest BCUT2D eigenvalue weighted by atomic mass is 32.2. The van der Waals surface area contributed by atoms with Crippen molar-refractivity contribution in [2.24, 2.45) is 0 Å². The van der Waals surface area contributed by atoms with Gasteiger partial charge in [0.2, 0.25) is 5.89 Å². The van der Waals surface area contributed by atoms with Crippen LogP contribution < -0.4 is 0 Å². The fourth-order valence-electron chi connectivity index (χ4n) is 2.25. The SMILES string of the molecule is CSCCCN1CCC[C@H]1c1noc(C)n1. The average Bonchev–Trinajstić information content (AvgIpc) is 2.87. The van der Waals surface area contributed by atoms with Gasteiger partial charge >= 0.3 is 0 Å². The fourth-order valence-corrected chi connectivity index (χ4v) is 2.67. The minimum absolute atomic E-state index is 0.388. The van der Waals surface area contributed by atoms with E-state index in [1.165, 1.54) is 25.1 Å². The lowest BCUT2D eigenvalue weighted by atomic mass is 10.2. The minimum atomic E-state index is 0.388. The molecule has 1 aliphatic rings. The van der Waals surface area contributed by atoms with E-state index in [2.05, 4.69) is 21.3 Å². The topological polar surface area (TPSA) is 42.2 Å². The van der Waals surface area contributed by atoms with Crippen molar-refractivity contribution < 1.29 is 4.52 Å². The van der Waals surface area contributed by atoms with Crippen molar-refractivity contribution in [3.8, 4) is 0 Å². The average molecular weight is 241 g/mol. The summed E-state index contributed by atoms with van der Waals surface area (Å²) >= 11 is 1.91. The molecule has 0 spiro atoms. The molecular weight excluding hydrogens is 222 g/mol. The Balaban J connectivity index is 1.92. The van der Waals surface area contributed by atoms with Crippen LogP contribution in [0, 0.1) is 6.92 Å². The number of aryl methyl sites for hydroxylation is 1. The van der Waals surface area contributed by atoms with E-state index in [4.69, 9.17) is 4.52 Å². The Morgan fingerprint density at radius 2 is 2.44 bits per heavy atom. The van der Waals surface area contributed by atoms with Crippen molar-refractivity contribution in [1.82, 2.24) is 15.0 Å². The molecule has 0 unspecified atom stereocenters. The van der Waals surface area contributed by atoms with E-state index in [1.54, 1.807) is 0 Å². The van der Waals surface area contributed by atoms with Crippen LogP contribution in [0.2, 0.25) is 0 Å². The number of rotatable bonds is 5. The zero-order chi connectivity index (χ0) is 11.4. The molecule has 4 nitrogen and oxygen atoms in total. The van der Waals surface area contributed by atoms with Gasteiger partial charge in [0.1, 0.15) is 0 Å². The Morgan fingerprint density at radius 3 is 3.12 bits per heavy atom. The summed E-state index contributed by atoms with van der Waals surface area (Å²) in [6.07, 6.45) is 5.81. The molecule has 1 fully saturated rings. The van der Waals surface area contributed by atoms with Gasteiger partial charge in [0.25, 0.3) is 0 Å². The van der Waals surface area contributed by atoms with Crippen molar-refractivity contribution in [2.75, 3.05) is 25.1 Å². The number of hydrogen-bond acceptors (Lipinski definition) is 5. The minimum Gasteiger partial charge on any atom is -0.340 e. The second-order valence-electron chi connectivity index (χ2n) is 4.21. The summed E-state index contributed by atoms with van der Waals surface area (Å²) in [6.45, 7) is 4.18. The molecule has 0 saturated carbocycles. The first-order chi connectivity index (χ1) is 7.81. The fraction of sp³-hybridized carbons (Fsp3) is 0.818. The van der Waals surface area contributed by atoms with Crippen molar-refractivity contribution in [1.29, 1.82) is 0 Å². The maximum absolute atomic E-state index is 5.06. The van der Waals surface area contributed by atoms with Gasteiger partial charge in [-0.1, -0.05) is 5.16 Å². The molecule has 1 aromatic rings. The third kappa shape index (κ3) is 2.77. The van der Waals surface area contributed by atoms with E-state index >= 15 is 0 Å². The first kappa shape index (κ1) is 11.9. The molecule has 90 valence electrons. The number of hydrogen-bond donors (Lipinski definition) is 0. The molecule has 1 atom stereocenters. The normalized spacial score (nSPS) is 21.8. The molecular formula is C11H19N3OS. The van der Waals surface area contributed by atoms with E-state index in [0.29, 0.717) is 11.9 Å². The second-order valence-corrected chi connectivity index (χ2v) is 5.20. The van der Waals surface area contributed by atoms with Crippen LogP contribution in [0.3, 0.4) is 0 Å². The Kier molecular flexibility index (Phi) is 4.23. The van der Waals surface area contributed by atoms with E-state index in [0.717, 1.165) is 18.8 Å².